The minimum Gasteiger partial charge on any atom is -0.462 e. The van der Waals surface area contributed by atoms with E-state index in [1.165, 1.54) is 12.1 Å². The molecular formula is C16H14FNO2. The van der Waals surface area contributed by atoms with Crippen LogP contribution in [0.25, 0.3) is 11.6 Å². The number of pyridine rings is 1. The van der Waals surface area contributed by atoms with Crippen LogP contribution < -0.4 is 0 Å². The summed E-state index contributed by atoms with van der Waals surface area (Å²) in [5.41, 5.74) is 1.83. The summed E-state index contributed by atoms with van der Waals surface area (Å²) in [6.07, 6.45) is 4.98. The fraction of sp³-hybridized carbons (Fsp3) is 0.125. The van der Waals surface area contributed by atoms with Crippen molar-refractivity contribution in [1.29, 1.82) is 0 Å². The number of hydrogen-bond donors (Lipinski definition) is 0. The van der Waals surface area contributed by atoms with Gasteiger partial charge in [0.15, 0.2) is 0 Å². The number of rotatable bonds is 4. The second-order valence-corrected chi connectivity index (χ2v) is 4.07. The number of halogens is 1. The number of nitrogens with zero attached hydrogens (tertiary/aromatic N) is 1. The van der Waals surface area contributed by atoms with Gasteiger partial charge in [-0.3, -0.25) is 4.98 Å². The Morgan fingerprint density at radius 3 is 2.45 bits per heavy atom. The van der Waals surface area contributed by atoms with Gasteiger partial charge in [-0.15, -0.1) is 0 Å². The molecule has 0 radical (unpaired) electrons. The van der Waals surface area contributed by atoms with E-state index in [0.717, 1.165) is 5.56 Å². The minimum absolute atomic E-state index is 0.285. The van der Waals surface area contributed by atoms with Gasteiger partial charge in [0.25, 0.3) is 0 Å². The minimum atomic E-state index is -0.434. The molecule has 3 nitrogen and oxygen atoms in total. The van der Waals surface area contributed by atoms with Crippen molar-refractivity contribution in [2.24, 2.45) is 0 Å². The first-order valence-electron chi connectivity index (χ1n) is 6.25. The molecule has 1 heterocycles. The van der Waals surface area contributed by atoms with Gasteiger partial charge < -0.3 is 4.74 Å². The Bertz CT molecular complexity index is 606. The molecule has 1 aromatic heterocycles. The molecule has 0 saturated heterocycles. The molecule has 0 atom stereocenters. The third-order valence-electron chi connectivity index (χ3n) is 2.67. The lowest BCUT2D eigenvalue weighted by Gasteiger charge is -2.07. The molecule has 0 spiro atoms. The summed E-state index contributed by atoms with van der Waals surface area (Å²) in [5.74, 6) is -0.781. The van der Waals surface area contributed by atoms with E-state index in [0.29, 0.717) is 11.1 Å². The van der Waals surface area contributed by atoms with E-state index >= 15 is 0 Å². The lowest BCUT2D eigenvalue weighted by atomic mass is 10.0. The Hall–Kier alpha value is -2.49. The zero-order valence-corrected chi connectivity index (χ0v) is 11.0. The third kappa shape index (κ3) is 3.51. The standard InChI is InChI=1S/C16H14FNO2/c1-2-20-16(19)15(11-12-7-9-18-10-8-12)13-3-5-14(17)6-4-13/h3-11H,2H2,1H3. The van der Waals surface area contributed by atoms with Gasteiger partial charge in [0.1, 0.15) is 5.82 Å². The molecule has 102 valence electrons. The zero-order valence-electron chi connectivity index (χ0n) is 11.0. The van der Waals surface area contributed by atoms with Crippen LogP contribution in [0.15, 0.2) is 48.8 Å². The van der Waals surface area contributed by atoms with Gasteiger partial charge in [-0.2, -0.15) is 0 Å². The molecule has 4 heteroatoms. The average Bonchev–Trinajstić information content (AvgIpc) is 2.47. The van der Waals surface area contributed by atoms with Crippen LogP contribution in [0.3, 0.4) is 0 Å². The molecule has 0 aliphatic rings. The topological polar surface area (TPSA) is 39.2 Å². The van der Waals surface area contributed by atoms with Crippen LogP contribution in [0.4, 0.5) is 4.39 Å². The van der Waals surface area contributed by atoms with Crippen molar-refractivity contribution in [2.45, 2.75) is 6.92 Å². The van der Waals surface area contributed by atoms with Crippen LogP contribution >= 0.6 is 0 Å². The number of carbonyl (C=O) groups is 1. The first-order valence-corrected chi connectivity index (χ1v) is 6.25. The Balaban J connectivity index is 2.42. The number of ether oxygens (including phenoxy) is 1. The maximum absolute atomic E-state index is 13.0. The first-order chi connectivity index (χ1) is 9.70. The Morgan fingerprint density at radius 1 is 1.20 bits per heavy atom. The third-order valence-corrected chi connectivity index (χ3v) is 2.67. The molecule has 0 fully saturated rings. The summed E-state index contributed by atoms with van der Waals surface area (Å²) >= 11 is 0. The lowest BCUT2D eigenvalue weighted by Crippen LogP contribution is -2.07. The highest BCUT2D eigenvalue weighted by atomic mass is 19.1. The second kappa shape index (κ2) is 6.61. The summed E-state index contributed by atoms with van der Waals surface area (Å²) in [5, 5.41) is 0. The van der Waals surface area contributed by atoms with Crippen LogP contribution in [0.5, 0.6) is 0 Å². The maximum Gasteiger partial charge on any atom is 0.338 e. The molecule has 0 aliphatic heterocycles. The van der Waals surface area contributed by atoms with E-state index in [-0.39, 0.29) is 12.4 Å². The van der Waals surface area contributed by atoms with Crippen LogP contribution in [0.1, 0.15) is 18.1 Å². The quantitative estimate of drug-likeness (QED) is 0.632. The zero-order chi connectivity index (χ0) is 14.4. The first kappa shape index (κ1) is 13.9. The lowest BCUT2D eigenvalue weighted by molar-refractivity contribution is -0.136. The molecule has 0 unspecified atom stereocenters. The van der Waals surface area contributed by atoms with E-state index in [1.807, 2.05) is 0 Å². The second-order valence-electron chi connectivity index (χ2n) is 4.07. The number of aromatic nitrogens is 1. The Kier molecular flexibility index (Phi) is 4.60. The monoisotopic (exact) mass is 271 g/mol. The summed E-state index contributed by atoms with van der Waals surface area (Å²) < 4.78 is 18.0. The van der Waals surface area contributed by atoms with Gasteiger partial charge in [0.2, 0.25) is 0 Å². The van der Waals surface area contributed by atoms with Gasteiger partial charge in [-0.05, 0) is 48.4 Å². The molecule has 0 saturated carbocycles. The van der Waals surface area contributed by atoms with Crippen molar-refractivity contribution in [3.05, 3.63) is 65.7 Å². The number of benzene rings is 1. The molecular weight excluding hydrogens is 257 g/mol. The van der Waals surface area contributed by atoms with Crippen LogP contribution in [-0.4, -0.2) is 17.6 Å². The summed E-state index contributed by atoms with van der Waals surface area (Å²) in [6, 6.07) is 9.30. The summed E-state index contributed by atoms with van der Waals surface area (Å²) in [7, 11) is 0. The molecule has 0 amide bonds. The van der Waals surface area contributed by atoms with Gasteiger partial charge >= 0.3 is 5.97 Å². The van der Waals surface area contributed by atoms with Gasteiger partial charge in [-0.25, -0.2) is 9.18 Å². The van der Waals surface area contributed by atoms with E-state index in [1.54, 1.807) is 49.7 Å². The normalized spacial score (nSPS) is 11.2. The highest BCUT2D eigenvalue weighted by Gasteiger charge is 2.13. The fourth-order valence-electron chi connectivity index (χ4n) is 1.72. The number of hydrogen-bond acceptors (Lipinski definition) is 3. The van der Waals surface area contributed by atoms with Crippen molar-refractivity contribution in [3.63, 3.8) is 0 Å². The van der Waals surface area contributed by atoms with Gasteiger partial charge in [0, 0.05) is 12.4 Å². The van der Waals surface area contributed by atoms with E-state index in [4.69, 9.17) is 4.74 Å². The van der Waals surface area contributed by atoms with Crippen molar-refractivity contribution in [1.82, 2.24) is 4.98 Å². The highest BCUT2D eigenvalue weighted by Crippen LogP contribution is 2.20. The van der Waals surface area contributed by atoms with E-state index in [2.05, 4.69) is 4.98 Å². The Morgan fingerprint density at radius 2 is 1.85 bits per heavy atom. The summed E-state index contributed by atoms with van der Waals surface area (Å²) in [4.78, 5) is 16.0. The van der Waals surface area contributed by atoms with Crippen molar-refractivity contribution in [3.8, 4) is 0 Å². The van der Waals surface area contributed by atoms with E-state index in [9.17, 15) is 9.18 Å². The van der Waals surface area contributed by atoms with Crippen molar-refractivity contribution >= 4 is 17.6 Å². The SMILES string of the molecule is CCOC(=O)C(=Cc1ccncc1)c1ccc(F)cc1. The largest absolute Gasteiger partial charge is 0.462 e. The molecule has 2 aromatic rings. The van der Waals surface area contributed by atoms with Gasteiger partial charge in [0.05, 0.1) is 12.2 Å². The predicted octanol–water partition coefficient (Wildman–Crippen LogP) is 3.32. The van der Waals surface area contributed by atoms with Crippen molar-refractivity contribution < 1.29 is 13.9 Å². The molecule has 1 aromatic carbocycles. The molecule has 0 bridgehead atoms. The number of esters is 1. The van der Waals surface area contributed by atoms with Crippen LogP contribution in [-0.2, 0) is 9.53 Å². The number of carbonyl (C=O) groups excluding carboxylic acids is 1. The molecule has 0 aliphatic carbocycles. The van der Waals surface area contributed by atoms with Crippen LogP contribution in [0.2, 0.25) is 0 Å². The van der Waals surface area contributed by atoms with Crippen molar-refractivity contribution in [2.75, 3.05) is 6.61 Å². The highest BCUT2D eigenvalue weighted by molar-refractivity contribution is 6.21. The molecule has 0 N–H and O–H groups in total. The maximum atomic E-state index is 13.0. The Labute approximate surface area is 116 Å². The smallest absolute Gasteiger partial charge is 0.338 e. The fourth-order valence-corrected chi connectivity index (χ4v) is 1.72. The average molecular weight is 271 g/mol. The molecule has 2 rings (SSSR count). The summed E-state index contributed by atoms with van der Waals surface area (Å²) in [6.45, 7) is 2.03. The van der Waals surface area contributed by atoms with Crippen LogP contribution in [0, 0.1) is 5.82 Å². The van der Waals surface area contributed by atoms with E-state index < -0.39 is 5.97 Å². The van der Waals surface area contributed by atoms with Gasteiger partial charge in [-0.1, -0.05) is 12.1 Å². The predicted molar refractivity (Wildman–Crippen MR) is 75.1 cm³/mol. The molecule has 20 heavy (non-hydrogen) atoms.